The molecule has 1 amide bonds. The van der Waals surface area contributed by atoms with Crippen molar-refractivity contribution in [3.63, 3.8) is 0 Å². The van der Waals surface area contributed by atoms with Gasteiger partial charge in [0.2, 0.25) is 0 Å². The third-order valence-corrected chi connectivity index (χ3v) is 6.55. The molecule has 2 atom stereocenters. The molecular formula is C26H22N2O5S. The quantitative estimate of drug-likeness (QED) is 0.242. The minimum Gasteiger partial charge on any atom is -0.507 e. The number of hydrogen-bond acceptors (Lipinski definition) is 7. The number of fused-ring (bicyclic) bond motifs is 1. The van der Waals surface area contributed by atoms with Crippen molar-refractivity contribution in [2.45, 2.75) is 25.5 Å². The molecule has 2 aliphatic rings. The normalized spacial score (nSPS) is 20.8. The Kier molecular flexibility index (Phi) is 5.67. The SMILES string of the molecule is C=CCOc1cccc(C2/C(=C(/O)c3ccc4c(c3)CC(C)O4)C(=O)C(=O)N2c2nccs2)c1. The lowest BCUT2D eigenvalue weighted by molar-refractivity contribution is -0.132. The molecule has 0 spiro atoms. The molecule has 172 valence electrons. The summed E-state index contributed by atoms with van der Waals surface area (Å²) in [5.74, 6) is -0.416. The molecule has 2 aliphatic heterocycles. The number of ether oxygens (including phenoxy) is 2. The van der Waals surface area contributed by atoms with E-state index in [0.29, 0.717) is 35.0 Å². The molecule has 7 nitrogen and oxygen atoms in total. The predicted molar refractivity (Wildman–Crippen MR) is 129 cm³/mol. The van der Waals surface area contributed by atoms with E-state index in [2.05, 4.69) is 11.6 Å². The zero-order chi connectivity index (χ0) is 23.8. The maximum Gasteiger partial charge on any atom is 0.301 e. The summed E-state index contributed by atoms with van der Waals surface area (Å²) in [5, 5.41) is 13.4. The molecule has 3 heterocycles. The average molecular weight is 475 g/mol. The first-order valence-corrected chi connectivity index (χ1v) is 11.7. The van der Waals surface area contributed by atoms with Crippen molar-refractivity contribution in [2.24, 2.45) is 0 Å². The van der Waals surface area contributed by atoms with Gasteiger partial charge in [0, 0.05) is 23.6 Å². The number of ketones is 1. The first kappa shape index (κ1) is 21.9. The molecule has 5 rings (SSSR count). The first-order valence-electron chi connectivity index (χ1n) is 10.8. The molecule has 1 aromatic heterocycles. The molecule has 8 heteroatoms. The highest BCUT2D eigenvalue weighted by atomic mass is 32.1. The second kappa shape index (κ2) is 8.79. The molecule has 1 saturated heterocycles. The van der Waals surface area contributed by atoms with Crippen LogP contribution in [0.2, 0.25) is 0 Å². The van der Waals surface area contributed by atoms with Gasteiger partial charge in [-0.05, 0) is 48.4 Å². The number of hydrogen-bond donors (Lipinski definition) is 1. The van der Waals surface area contributed by atoms with Gasteiger partial charge in [0.15, 0.2) is 5.13 Å². The Morgan fingerprint density at radius 2 is 2.18 bits per heavy atom. The lowest BCUT2D eigenvalue weighted by Gasteiger charge is -2.23. The van der Waals surface area contributed by atoms with Crippen molar-refractivity contribution in [2.75, 3.05) is 11.5 Å². The van der Waals surface area contributed by atoms with Gasteiger partial charge < -0.3 is 14.6 Å². The van der Waals surface area contributed by atoms with Crippen LogP contribution in [0.3, 0.4) is 0 Å². The van der Waals surface area contributed by atoms with Crippen molar-refractivity contribution < 1.29 is 24.2 Å². The van der Waals surface area contributed by atoms with E-state index in [0.717, 1.165) is 11.3 Å². The van der Waals surface area contributed by atoms with E-state index in [9.17, 15) is 14.7 Å². The molecule has 2 aromatic carbocycles. The fraction of sp³-hybridized carbons (Fsp3) is 0.192. The second-order valence-electron chi connectivity index (χ2n) is 8.11. The Balaban J connectivity index is 1.66. The fourth-order valence-corrected chi connectivity index (χ4v) is 5.00. The second-order valence-corrected chi connectivity index (χ2v) is 8.98. The fourth-order valence-electron chi connectivity index (χ4n) is 4.33. The van der Waals surface area contributed by atoms with Crippen LogP contribution in [0.1, 0.15) is 29.7 Å². The van der Waals surface area contributed by atoms with E-state index in [1.54, 1.807) is 54.1 Å². The maximum absolute atomic E-state index is 13.3. The molecule has 0 saturated carbocycles. The van der Waals surface area contributed by atoms with Crippen LogP contribution in [0, 0.1) is 0 Å². The number of nitrogens with zero attached hydrogens (tertiary/aromatic N) is 2. The molecule has 1 fully saturated rings. The topological polar surface area (TPSA) is 89.0 Å². The van der Waals surface area contributed by atoms with Gasteiger partial charge in [-0.2, -0.15) is 0 Å². The molecule has 0 radical (unpaired) electrons. The largest absolute Gasteiger partial charge is 0.507 e. The molecule has 0 bridgehead atoms. The van der Waals surface area contributed by atoms with Gasteiger partial charge in [-0.1, -0.05) is 24.8 Å². The van der Waals surface area contributed by atoms with Crippen LogP contribution in [0.15, 0.2) is 72.3 Å². The highest BCUT2D eigenvalue weighted by Gasteiger charge is 2.48. The van der Waals surface area contributed by atoms with Gasteiger partial charge in [0.1, 0.15) is 30.0 Å². The Morgan fingerprint density at radius 1 is 1.32 bits per heavy atom. The lowest BCUT2D eigenvalue weighted by atomic mass is 9.94. The Hall–Kier alpha value is -3.91. The number of carbonyl (C=O) groups is 2. The lowest BCUT2D eigenvalue weighted by Crippen LogP contribution is -2.29. The summed E-state index contributed by atoms with van der Waals surface area (Å²) in [4.78, 5) is 32.0. The summed E-state index contributed by atoms with van der Waals surface area (Å²) in [6, 6.07) is 11.5. The molecule has 0 aliphatic carbocycles. The highest BCUT2D eigenvalue weighted by molar-refractivity contribution is 7.14. The standard InChI is InChI=1S/C26H22N2O5S/c1-3-10-32-19-6-4-5-16(14-19)22-21(24(30)25(31)28(22)26-27-9-11-34-26)23(29)17-7-8-20-18(13-17)12-15(2)33-20/h3-9,11,13-15,22,29H,1,10,12H2,2H3/b23-21-. The summed E-state index contributed by atoms with van der Waals surface area (Å²) < 4.78 is 11.4. The van der Waals surface area contributed by atoms with Crippen LogP contribution in [-0.4, -0.2) is 34.5 Å². The van der Waals surface area contributed by atoms with Gasteiger partial charge >= 0.3 is 5.91 Å². The van der Waals surface area contributed by atoms with Crippen LogP contribution < -0.4 is 14.4 Å². The van der Waals surface area contributed by atoms with Crippen molar-refractivity contribution in [3.8, 4) is 11.5 Å². The molecule has 3 aromatic rings. The molecule has 2 unspecified atom stereocenters. The number of aromatic nitrogens is 1. The van der Waals surface area contributed by atoms with Crippen molar-refractivity contribution in [3.05, 3.63) is 89.0 Å². The van der Waals surface area contributed by atoms with E-state index >= 15 is 0 Å². The van der Waals surface area contributed by atoms with E-state index in [4.69, 9.17) is 9.47 Å². The summed E-state index contributed by atoms with van der Waals surface area (Å²) in [7, 11) is 0. The predicted octanol–water partition coefficient (Wildman–Crippen LogP) is 4.66. The minimum atomic E-state index is -0.859. The van der Waals surface area contributed by atoms with Gasteiger partial charge in [-0.15, -0.1) is 11.3 Å². The van der Waals surface area contributed by atoms with Gasteiger partial charge in [0.25, 0.3) is 5.78 Å². The van der Waals surface area contributed by atoms with Crippen molar-refractivity contribution in [1.29, 1.82) is 0 Å². The van der Waals surface area contributed by atoms with Crippen LogP contribution in [0.4, 0.5) is 5.13 Å². The minimum absolute atomic E-state index is 0.00739. The molecule has 34 heavy (non-hydrogen) atoms. The number of Topliss-reactive ketones (excluding diaryl/α,β-unsaturated/α-hetero) is 1. The average Bonchev–Trinajstić information content (AvgIpc) is 3.55. The summed E-state index contributed by atoms with van der Waals surface area (Å²) in [5.41, 5.74) is 2.03. The summed E-state index contributed by atoms with van der Waals surface area (Å²) >= 11 is 1.25. The Labute approximate surface area is 200 Å². The number of anilines is 1. The Morgan fingerprint density at radius 3 is 2.94 bits per heavy atom. The zero-order valence-electron chi connectivity index (χ0n) is 18.4. The molecular weight excluding hydrogens is 452 g/mol. The van der Waals surface area contributed by atoms with Crippen LogP contribution in [0.25, 0.3) is 5.76 Å². The smallest absolute Gasteiger partial charge is 0.301 e. The Bertz CT molecular complexity index is 1310. The number of aliphatic hydroxyl groups excluding tert-OH is 1. The zero-order valence-corrected chi connectivity index (χ0v) is 19.2. The van der Waals surface area contributed by atoms with Crippen LogP contribution >= 0.6 is 11.3 Å². The summed E-state index contributed by atoms with van der Waals surface area (Å²) in [6.45, 7) is 5.94. The number of rotatable bonds is 6. The monoisotopic (exact) mass is 474 g/mol. The van der Waals surface area contributed by atoms with Crippen LogP contribution in [0.5, 0.6) is 11.5 Å². The van der Waals surface area contributed by atoms with E-state index < -0.39 is 17.7 Å². The van der Waals surface area contributed by atoms with Crippen LogP contribution in [-0.2, 0) is 16.0 Å². The third-order valence-electron chi connectivity index (χ3n) is 5.78. The number of benzene rings is 2. The van der Waals surface area contributed by atoms with Gasteiger partial charge in [0.05, 0.1) is 11.6 Å². The third kappa shape index (κ3) is 3.76. The highest BCUT2D eigenvalue weighted by Crippen LogP contribution is 2.44. The van der Waals surface area contributed by atoms with E-state index in [1.807, 2.05) is 13.0 Å². The van der Waals surface area contributed by atoms with Crippen molar-refractivity contribution in [1.82, 2.24) is 4.98 Å². The van der Waals surface area contributed by atoms with Gasteiger partial charge in [-0.3, -0.25) is 14.5 Å². The number of amides is 1. The van der Waals surface area contributed by atoms with E-state index in [1.165, 1.54) is 16.2 Å². The number of carbonyl (C=O) groups excluding carboxylic acids is 2. The summed E-state index contributed by atoms with van der Waals surface area (Å²) in [6.07, 6.45) is 3.95. The van der Waals surface area contributed by atoms with E-state index in [-0.39, 0.29) is 17.4 Å². The van der Waals surface area contributed by atoms with Crippen molar-refractivity contribution >= 4 is 33.9 Å². The number of aliphatic hydroxyl groups is 1. The van der Waals surface area contributed by atoms with Gasteiger partial charge in [-0.25, -0.2) is 4.98 Å². The maximum atomic E-state index is 13.3. The number of thiazole rings is 1. The molecule has 1 N–H and O–H groups in total. The first-order chi connectivity index (χ1) is 16.5.